The zero-order chi connectivity index (χ0) is 14.0. The average molecular weight is 303 g/mol. The number of aromatic hydroxyl groups is 1. The minimum Gasteiger partial charge on any atom is -0.506 e. The molecule has 1 aromatic carbocycles. The molecule has 0 aliphatic heterocycles. The zero-order valence-corrected chi connectivity index (χ0v) is 11.5. The van der Waals surface area contributed by atoms with Crippen LogP contribution >= 0.6 is 11.6 Å². The molecule has 2 aromatic rings. The first-order chi connectivity index (χ1) is 8.85. The lowest BCUT2D eigenvalue weighted by Crippen LogP contribution is -2.15. The van der Waals surface area contributed by atoms with Gasteiger partial charge in [-0.3, -0.25) is 4.72 Å². The SMILES string of the molecule is Cc1cc(CS(=O)(=O)Nc2cc(Cl)ccc2O)no1. The predicted octanol–water partition coefficient (Wildman–Crippen LogP) is 2.28. The van der Waals surface area contributed by atoms with Gasteiger partial charge in [-0.15, -0.1) is 0 Å². The highest BCUT2D eigenvalue weighted by Crippen LogP contribution is 2.27. The number of aromatic nitrogens is 1. The first kappa shape index (κ1) is 13.7. The maximum absolute atomic E-state index is 11.9. The van der Waals surface area contributed by atoms with Gasteiger partial charge in [0.05, 0.1) is 5.69 Å². The first-order valence-electron chi connectivity index (χ1n) is 5.27. The van der Waals surface area contributed by atoms with Gasteiger partial charge in [0, 0.05) is 11.1 Å². The van der Waals surface area contributed by atoms with Gasteiger partial charge in [0.15, 0.2) is 0 Å². The van der Waals surface area contributed by atoms with Crippen LogP contribution in [0.15, 0.2) is 28.8 Å². The second-order valence-corrected chi connectivity index (χ2v) is 6.11. The minimum atomic E-state index is -3.70. The highest BCUT2D eigenvalue weighted by atomic mass is 35.5. The van der Waals surface area contributed by atoms with Crippen molar-refractivity contribution in [2.75, 3.05) is 4.72 Å². The van der Waals surface area contributed by atoms with Crippen molar-refractivity contribution in [3.05, 3.63) is 40.7 Å². The maximum Gasteiger partial charge on any atom is 0.238 e. The van der Waals surface area contributed by atoms with E-state index in [9.17, 15) is 13.5 Å². The fraction of sp³-hybridized carbons (Fsp3) is 0.182. The van der Waals surface area contributed by atoms with Crippen LogP contribution in [0, 0.1) is 6.92 Å². The number of phenolic OH excluding ortho intramolecular Hbond substituents is 1. The van der Waals surface area contributed by atoms with Crippen LogP contribution in [0.3, 0.4) is 0 Å². The number of halogens is 1. The molecule has 0 saturated carbocycles. The summed E-state index contributed by atoms with van der Waals surface area (Å²) in [5.74, 6) is -0.0314. The third-order valence-corrected chi connectivity index (χ3v) is 3.68. The lowest BCUT2D eigenvalue weighted by molar-refractivity contribution is 0.392. The summed E-state index contributed by atoms with van der Waals surface area (Å²) in [6, 6.07) is 5.61. The van der Waals surface area contributed by atoms with Gasteiger partial charge in [0.1, 0.15) is 23.0 Å². The van der Waals surface area contributed by atoms with Crippen molar-refractivity contribution in [2.24, 2.45) is 0 Å². The van der Waals surface area contributed by atoms with E-state index in [2.05, 4.69) is 9.88 Å². The Kier molecular flexibility index (Phi) is 3.68. The average Bonchev–Trinajstić information content (AvgIpc) is 2.68. The van der Waals surface area contributed by atoms with Crippen LogP contribution in [0.5, 0.6) is 5.75 Å². The van der Waals surface area contributed by atoms with Crippen molar-refractivity contribution < 1.29 is 18.0 Å². The van der Waals surface area contributed by atoms with Crippen molar-refractivity contribution in [2.45, 2.75) is 12.7 Å². The fourth-order valence-electron chi connectivity index (χ4n) is 1.47. The van der Waals surface area contributed by atoms with Gasteiger partial charge in [0.25, 0.3) is 0 Å². The van der Waals surface area contributed by atoms with Crippen molar-refractivity contribution in [3.8, 4) is 5.75 Å². The molecule has 8 heteroatoms. The minimum absolute atomic E-state index is 0.0210. The molecule has 0 unspecified atom stereocenters. The molecule has 0 aliphatic rings. The highest BCUT2D eigenvalue weighted by molar-refractivity contribution is 7.91. The van der Waals surface area contributed by atoms with E-state index < -0.39 is 10.0 Å². The Balaban J connectivity index is 2.19. The molecule has 0 aliphatic carbocycles. The lowest BCUT2D eigenvalue weighted by atomic mass is 10.3. The zero-order valence-electron chi connectivity index (χ0n) is 9.92. The summed E-state index contributed by atoms with van der Waals surface area (Å²) in [5.41, 5.74) is 0.305. The summed E-state index contributed by atoms with van der Waals surface area (Å²) in [7, 11) is -3.70. The van der Waals surface area contributed by atoms with Crippen LogP contribution in [0.25, 0.3) is 0 Å². The summed E-state index contributed by atoms with van der Waals surface area (Å²) in [6.45, 7) is 1.67. The standard InChI is InChI=1S/C11H11ClN2O4S/c1-7-4-9(13-18-7)6-19(16,17)14-10-5-8(12)2-3-11(10)15/h2-5,14-15H,6H2,1H3. The van der Waals surface area contributed by atoms with Gasteiger partial charge >= 0.3 is 0 Å². The highest BCUT2D eigenvalue weighted by Gasteiger charge is 2.16. The number of sulfonamides is 1. The summed E-state index contributed by atoms with van der Waals surface area (Å²) < 4.78 is 30.8. The van der Waals surface area contributed by atoms with E-state index in [1.807, 2.05) is 0 Å². The number of hydrogen-bond acceptors (Lipinski definition) is 5. The number of nitrogens with zero attached hydrogens (tertiary/aromatic N) is 1. The molecule has 6 nitrogen and oxygen atoms in total. The Labute approximate surface area is 115 Å². The third kappa shape index (κ3) is 3.62. The second kappa shape index (κ2) is 5.10. The number of rotatable bonds is 4. The summed E-state index contributed by atoms with van der Waals surface area (Å²) in [5, 5.41) is 13.5. The van der Waals surface area contributed by atoms with Crippen molar-refractivity contribution in [1.82, 2.24) is 5.16 Å². The van der Waals surface area contributed by atoms with Crippen LogP contribution < -0.4 is 4.72 Å². The summed E-state index contributed by atoms with van der Waals surface area (Å²) in [4.78, 5) is 0. The van der Waals surface area contributed by atoms with Gasteiger partial charge in [0.2, 0.25) is 10.0 Å². The van der Waals surface area contributed by atoms with Crippen LogP contribution in [0.2, 0.25) is 5.02 Å². The molecule has 102 valence electrons. The van der Waals surface area contributed by atoms with Crippen LogP contribution in [-0.2, 0) is 15.8 Å². The summed E-state index contributed by atoms with van der Waals surface area (Å²) in [6.07, 6.45) is 0. The molecule has 0 radical (unpaired) electrons. The number of hydrogen-bond donors (Lipinski definition) is 2. The van der Waals surface area contributed by atoms with Gasteiger partial charge in [-0.2, -0.15) is 0 Å². The lowest BCUT2D eigenvalue weighted by Gasteiger charge is -2.08. The number of benzene rings is 1. The van der Waals surface area contributed by atoms with E-state index in [0.29, 0.717) is 10.8 Å². The number of anilines is 1. The van der Waals surface area contributed by atoms with Crippen LogP contribution in [0.4, 0.5) is 5.69 Å². The molecular weight excluding hydrogens is 292 g/mol. The van der Waals surface area contributed by atoms with Crippen LogP contribution in [-0.4, -0.2) is 18.7 Å². The summed E-state index contributed by atoms with van der Waals surface area (Å²) >= 11 is 5.74. The quantitative estimate of drug-likeness (QED) is 0.845. The van der Waals surface area contributed by atoms with E-state index in [4.69, 9.17) is 16.1 Å². The van der Waals surface area contributed by atoms with Crippen LogP contribution in [0.1, 0.15) is 11.5 Å². The second-order valence-electron chi connectivity index (χ2n) is 3.95. The molecule has 0 amide bonds. The van der Waals surface area contributed by atoms with Crippen molar-refractivity contribution >= 4 is 27.3 Å². The Morgan fingerprint density at radius 2 is 2.16 bits per heavy atom. The molecule has 1 heterocycles. The Morgan fingerprint density at radius 1 is 1.42 bits per heavy atom. The fourth-order valence-corrected chi connectivity index (χ4v) is 2.74. The smallest absolute Gasteiger partial charge is 0.238 e. The molecule has 0 fully saturated rings. The normalized spacial score (nSPS) is 11.5. The molecule has 0 spiro atoms. The molecule has 1 aromatic heterocycles. The van der Waals surface area contributed by atoms with E-state index in [0.717, 1.165) is 0 Å². The number of phenols is 1. The molecule has 2 rings (SSSR count). The topological polar surface area (TPSA) is 92.4 Å². The van der Waals surface area contributed by atoms with E-state index >= 15 is 0 Å². The van der Waals surface area contributed by atoms with Crippen molar-refractivity contribution in [3.63, 3.8) is 0 Å². The first-order valence-corrected chi connectivity index (χ1v) is 7.30. The molecule has 19 heavy (non-hydrogen) atoms. The number of nitrogens with one attached hydrogen (secondary N) is 1. The van der Waals surface area contributed by atoms with E-state index in [1.54, 1.807) is 6.92 Å². The van der Waals surface area contributed by atoms with E-state index in [-0.39, 0.29) is 22.9 Å². The van der Waals surface area contributed by atoms with Gasteiger partial charge in [-0.05, 0) is 25.1 Å². The largest absolute Gasteiger partial charge is 0.506 e. The number of aryl methyl sites for hydroxylation is 1. The molecule has 0 saturated heterocycles. The van der Waals surface area contributed by atoms with Gasteiger partial charge in [-0.25, -0.2) is 8.42 Å². The van der Waals surface area contributed by atoms with Crippen molar-refractivity contribution in [1.29, 1.82) is 0 Å². The van der Waals surface area contributed by atoms with E-state index in [1.165, 1.54) is 24.3 Å². The molecule has 0 bridgehead atoms. The van der Waals surface area contributed by atoms with Gasteiger partial charge < -0.3 is 9.63 Å². The predicted molar refractivity (Wildman–Crippen MR) is 70.6 cm³/mol. The Bertz CT molecular complexity index is 696. The molecule has 0 atom stereocenters. The molecule has 2 N–H and O–H groups in total. The molecular formula is C11H11ClN2O4S. The maximum atomic E-state index is 11.9. The van der Waals surface area contributed by atoms with Gasteiger partial charge in [-0.1, -0.05) is 16.8 Å². The Morgan fingerprint density at radius 3 is 2.79 bits per heavy atom. The third-order valence-electron chi connectivity index (χ3n) is 2.24. The monoisotopic (exact) mass is 302 g/mol. The Hall–Kier alpha value is -1.73.